The van der Waals surface area contributed by atoms with Crippen LogP contribution in [0.2, 0.25) is 0 Å². The molecule has 1 fully saturated rings. The van der Waals surface area contributed by atoms with Crippen molar-refractivity contribution in [2.24, 2.45) is 0 Å². The Kier molecular flexibility index (Phi) is 6.40. The third-order valence-electron chi connectivity index (χ3n) is 6.73. The fourth-order valence-corrected chi connectivity index (χ4v) is 5.03. The summed E-state index contributed by atoms with van der Waals surface area (Å²) in [5, 5.41) is 3.45. The van der Waals surface area contributed by atoms with E-state index in [0.29, 0.717) is 36.2 Å². The highest BCUT2D eigenvalue weighted by atomic mass is 19.4. The van der Waals surface area contributed by atoms with Crippen LogP contribution in [0.25, 0.3) is 11.4 Å². The fourth-order valence-electron chi connectivity index (χ4n) is 5.03. The number of amides is 2. The van der Waals surface area contributed by atoms with Crippen LogP contribution in [0.5, 0.6) is 0 Å². The normalized spacial score (nSPS) is 20.0. The summed E-state index contributed by atoms with van der Waals surface area (Å²) in [6.45, 7) is 6.43. The first-order chi connectivity index (χ1) is 17.9. The lowest BCUT2D eigenvalue weighted by Crippen LogP contribution is -2.54. The molecule has 0 N–H and O–H groups in total. The van der Waals surface area contributed by atoms with Crippen LogP contribution in [-0.4, -0.2) is 56.7 Å². The maximum atomic E-state index is 13.6. The van der Waals surface area contributed by atoms with E-state index in [1.807, 2.05) is 30.3 Å². The second kappa shape index (κ2) is 9.45. The molecule has 0 saturated carbocycles. The molecule has 2 aromatic carbocycles. The minimum atomic E-state index is -4.75. The van der Waals surface area contributed by atoms with Crippen LogP contribution in [0.15, 0.2) is 53.1 Å². The SMILES string of the molecule is CC(C)(C)OC(=O)N1CCC(c2ccccc2)C(N2Cc3cc(-c4noc(C(F)(F)F)n4)ccc3C2=O)C1. The molecule has 2 atom stereocenters. The number of halogens is 3. The Balaban J connectivity index is 1.43. The molecule has 2 aliphatic rings. The zero-order valence-electron chi connectivity index (χ0n) is 21.2. The van der Waals surface area contributed by atoms with Gasteiger partial charge in [-0.3, -0.25) is 4.79 Å². The highest BCUT2D eigenvalue weighted by Crippen LogP contribution is 2.38. The van der Waals surface area contributed by atoms with Gasteiger partial charge in [0, 0.05) is 36.7 Å². The predicted molar refractivity (Wildman–Crippen MR) is 130 cm³/mol. The molecule has 11 heteroatoms. The Morgan fingerprint density at radius 2 is 1.84 bits per heavy atom. The van der Waals surface area contributed by atoms with Crippen molar-refractivity contribution in [3.05, 3.63) is 71.1 Å². The second-order valence-corrected chi connectivity index (χ2v) is 10.5. The molecule has 5 rings (SSSR count). The first kappa shape index (κ1) is 25.7. The van der Waals surface area contributed by atoms with E-state index < -0.39 is 23.8 Å². The van der Waals surface area contributed by atoms with Crippen LogP contribution >= 0.6 is 0 Å². The van der Waals surface area contributed by atoms with E-state index in [1.165, 1.54) is 6.07 Å². The van der Waals surface area contributed by atoms with Gasteiger partial charge in [0.15, 0.2) is 0 Å². The van der Waals surface area contributed by atoms with Crippen molar-refractivity contribution in [3.63, 3.8) is 0 Å². The van der Waals surface area contributed by atoms with Crippen molar-refractivity contribution in [3.8, 4) is 11.4 Å². The van der Waals surface area contributed by atoms with Gasteiger partial charge in [-0.05, 0) is 50.5 Å². The Hall–Kier alpha value is -3.89. The number of carbonyl (C=O) groups is 2. The van der Waals surface area contributed by atoms with E-state index in [4.69, 9.17) is 4.74 Å². The monoisotopic (exact) mass is 528 g/mol. The smallest absolute Gasteiger partial charge is 0.444 e. The Labute approximate surface area is 217 Å². The van der Waals surface area contributed by atoms with Crippen molar-refractivity contribution in [1.29, 1.82) is 0 Å². The number of fused-ring (bicyclic) bond motifs is 1. The van der Waals surface area contributed by atoms with Crippen molar-refractivity contribution in [2.75, 3.05) is 13.1 Å². The number of likely N-dealkylation sites (tertiary alicyclic amines) is 1. The molecule has 2 aliphatic heterocycles. The second-order valence-electron chi connectivity index (χ2n) is 10.5. The molecule has 2 amide bonds. The molecule has 8 nitrogen and oxygen atoms in total. The van der Waals surface area contributed by atoms with Gasteiger partial charge < -0.3 is 19.1 Å². The number of aromatic nitrogens is 2. The van der Waals surface area contributed by atoms with Crippen LogP contribution < -0.4 is 0 Å². The lowest BCUT2D eigenvalue weighted by molar-refractivity contribution is -0.159. The van der Waals surface area contributed by atoms with Gasteiger partial charge in [0.1, 0.15) is 5.60 Å². The molecular weight excluding hydrogens is 501 g/mol. The van der Waals surface area contributed by atoms with Crippen LogP contribution in [0.4, 0.5) is 18.0 Å². The first-order valence-electron chi connectivity index (χ1n) is 12.3. The van der Waals surface area contributed by atoms with Crippen LogP contribution in [0.3, 0.4) is 0 Å². The number of piperidine rings is 1. The van der Waals surface area contributed by atoms with Gasteiger partial charge in [0.05, 0.1) is 6.04 Å². The van der Waals surface area contributed by atoms with E-state index in [9.17, 15) is 22.8 Å². The number of hydrogen-bond donors (Lipinski definition) is 0. The first-order valence-corrected chi connectivity index (χ1v) is 12.3. The fraction of sp³-hybridized carbons (Fsp3) is 0.407. The summed E-state index contributed by atoms with van der Waals surface area (Å²) >= 11 is 0. The van der Waals surface area contributed by atoms with Gasteiger partial charge in [-0.2, -0.15) is 18.2 Å². The van der Waals surface area contributed by atoms with E-state index in [-0.39, 0.29) is 30.2 Å². The molecular formula is C27H27F3N4O4. The minimum absolute atomic E-state index is 0.0147. The van der Waals surface area contributed by atoms with E-state index in [0.717, 1.165) is 5.56 Å². The molecule has 0 spiro atoms. The maximum Gasteiger partial charge on any atom is 0.471 e. The summed E-state index contributed by atoms with van der Waals surface area (Å²) in [5.41, 5.74) is 1.83. The van der Waals surface area contributed by atoms with Gasteiger partial charge in [0.25, 0.3) is 5.91 Å². The molecule has 38 heavy (non-hydrogen) atoms. The molecule has 200 valence electrons. The molecule has 0 radical (unpaired) electrons. The highest BCUT2D eigenvalue weighted by Gasteiger charge is 2.43. The zero-order chi connectivity index (χ0) is 27.2. The average molecular weight is 529 g/mol. The van der Waals surface area contributed by atoms with Crippen LogP contribution in [-0.2, 0) is 17.5 Å². The van der Waals surface area contributed by atoms with Crippen LogP contribution in [0.1, 0.15) is 60.5 Å². The number of alkyl halides is 3. The van der Waals surface area contributed by atoms with Gasteiger partial charge >= 0.3 is 18.2 Å². The van der Waals surface area contributed by atoms with Crippen LogP contribution in [0, 0.1) is 0 Å². The van der Waals surface area contributed by atoms with Crippen molar-refractivity contribution in [2.45, 2.75) is 57.5 Å². The topological polar surface area (TPSA) is 88.8 Å². The third kappa shape index (κ3) is 5.09. The summed E-state index contributed by atoms with van der Waals surface area (Å²) in [7, 11) is 0. The molecule has 1 aromatic heterocycles. The zero-order valence-corrected chi connectivity index (χ0v) is 21.2. The Bertz CT molecular complexity index is 1350. The third-order valence-corrected chi connectivity index (χ3v) is 6.73. The maximum absolute atomic E-state index is 13.6. The van der Waals surface area contributed by atoms with Gasteiger partial charge in [0.2, 0.25) is 5.82 Å². The predicted octanol–water partition coefficient (Wildman–Crippen LogP) is 5.50. The van der Waals surface area contributed by atoms with Gasteiger partial charge in [-0.1, -0.05) is 41.6 Å². The van der Waals surface area contributed by atoms with Crippen molar-refractivity contribution < 1.29 is 32.0 Å². The molecule has 0 bridgehead atoms. The number of benzene rings is 2. The molecule has 3 heterocycles. The van der Waals surface area contributed by atoms with Gasteiger partial charge in [-0.25, -0.2) is 4.79 Å². The summed E-state index contributed by atoms with van der Waals surface area (Å²) < 4.78 is 48.7. The van der Waals surface area contributed by atoms with E-state index in [2.05, 4.69) is 14.7 Å². The highest BCUT2D eigenvalue weighted by molar-refractivity contribution is 5.99. The summed E-state index contributed by atoms with van der Waals surface area (Å²) in [5.74, 6) is -1.85. The Morgan fingerprint density at radius 3 is 2.50 bits per heavy atom. The minimum Gasteiger partial charge on any atom is -0.444 e. The lowest BCUT2D eigenvalue weighted by atomic mass is 9.84. The standard InChI is InChI=1S/C27H27F3N4O4/c1-26(2,3)37-25(36)33-12-11-19(16-7-5-4-6-8-16)21(15-33)34-14-18-13-17(9-10-20(18)23(34)35)22-31-24(38-32-22)27(28,29)30/h4-10,13,19,21H,11-12,14-15H2,1-3H3. The van der Waals surface area contributed by atoms with Crippen molar-refractivity contribution >= 4 is 12.0 Å². The number of rotatable bonds is 3. The van der Waals surface area contributed by atoms with Crippen molar-refractivity contribution in [1.82, 2.24) is 19.9 Å². The number of nitrogens with zero attached hydrogens (tertiary/aromatic N) is 4. The quantitative estimate of drug-likeness (QED) is 0.446. The number of hydrogen-bond acceptors (Lipinski definition) is 6. The summed E-state index contributed by atoms with van der Waals surface area (Å²) in [6, 6.07) is 14.2. The lowest BCUT2D eigenvalue weighted by Gasteiger charge is -2.43. The van der Waals surface area contributed by atoms with E-state index in [1.54, 1.807) is 42.7 Å². The largest absolute Gasteiger partial charge is 0.471 e. The number of carbonyl (C=O) groups excluding carboxylic acids is 2. The molecule has 2 unspecified atom stereocenters. The Morgan fingerprint density at radius 1 is 1.11 bits per heavy atom. The number of ether oxygens (including phenoxy) is 1. The van der Waals surface area contributed by atoms with E-state index >= 15 is 0 Å². The average Bonchev–Trinajstić information content (AvgIpc) is 3.48. The summed E-state index contributed by atoms with van der Waals surface area (Å²) in [6.07, 6.45) is -4.54. The summed E-state index contributed by atoms with van der Waals surface area (Å²) in [4.78, 5) is 33.3. The molecule has 1 saturated heterocycles. The molecule has 3 aromatic rings. The van der Waals surface area contributed by atoms with Gasteiger partial charge in [-0.15, -0.1) is 0 Å². The molecule has 0 aliphatic carbocycles.